The summed E-state index contributed by atoms with van der Waals surface area (Å²) in [5.74, 6) is 0.573. The SMILES string of the molecule is CN(C)CCn1ncc(Br)c1C(N)C1CC1(C)C. The van der Waals surface area contributed by atoms with Crippen molar-refractivity contribution >= 4 is 15.9 Å². The molecule has 0 radical (unpaired) electrons. The second-order valence-corrected chi connectivity index (χ2v) is 7.08. The van der Waals surface area contributed by atoms with Crippen LogP contribution in [-0.4, -0.2) is 35.3 Å². The second kappa shape index (κ2) is 4.94. The quantitative estimate of drug-likeness (QED) is 0.906. The minimum absolute atomic E-state index is 0.0824. The molecule has 1 aromatic heterocycles. The molecular weight excluding hydrogens is 292 g/mol. The van der Waals surface area contributed by atoms with Crippen molar-refractivity contribution in [3.05, 3.63) is 16.4 Å². The zero-order valence-corrected chi connectivity index (χ0v) is 13.2. The fraction of sp³-hybridized carbons (Fsp3) is 0.769. The van der Waals surface area contributed by atoms with E-state index in [2.05, 4.69) is 53.9 Å². The molecule has 0 aromatic carbocycles. The summed E-state index contributed by atoms with van der Waals surface area (Å²) < 4.78 is 3.08. The lowest BCUT2D eigenvalue weighted by molar-refractivity contribution is 0.361. The number of halogens is 1. The summed E-state index contributed by atoms with van der Waals surface area (Å²) in [4.78, 5) is 2.16. The largest absolute Gasteiger partial charge is 0.322 e. The van der Waals surface area contributed by atoms with E-state index in [1.807, 2.05) is 10.9 Å². The Morgan fingerprint density at radius 1 is 1.61 bits per heavy atom. The normalized spacial score (nSPS) is 23.4. The van der Waals surface area contributed by atoms with Gasteiger partial charge in [0.2, 0.25) is 0 Å². The molecular formula is C13H23BrN4. The van der Waals surface area contributed by atoms with Crippen molar-refractivity contribution in [2.45, 2.75) is 32.9 Å². The minimum Gasteiger partial charge on any atom is -0.322 e. The van der Waals surface area contributed by atoms with Crippen molar-refractivity contribution in [1.82, 2.24) is 14.7 Å². The van der Waals surface area contributed by atoms with Gasteiger partial charge in [-0.1, -0.05) is 13.8 Å². The molecule has 102 valence electrons. The topological polar surface area (TPSA) is 47.1 Å². The van der Waals surface area contributed by atoms with Crippen LogP contribution in [0.4, 0.5) is 0 Å². The maximum absolute atomic E-state index is 6.42. The van der Waals surface area contributed by atoms with E-state index >= 15 is 0 Å². The van der Waals surface area contributed by atoms with Crippen LogP contribution in [0.2, 0.25) is 0 Å². The molecule has 0 amide bonds. The molecule has 1 aromatic rings. The first-order valence-electron chi connectivity index (χ1n) is 6.44. The van der Waals surface area contributed by atoms with Gasteiger partial charge in [0.05, 0.1) is 29.0 Å². The molecule has 2 unspecified atom stereocenters. The van der Waals surface area contributed by atoms with Crippen LogP contribution < -0.4 is 5.73 Å². The first-order valence-corrected chi connectivity index (χ1v) is 7.24. The van der Waals surface area contributed by atoms with Crippen LogP contribution in [0.3, 0.4) is 0 Å². The molecule has 1 saturated carbocycles. The second-order valence-electron chi connectivity index (χ2n) is 6.23. The number of hydrogen-bond donors (Lipinski definition) is 1. The van der Waals surface area contributed by atoms with Gasteiger partial charge < -0.3 is 10.6 Å². The average Bonchev–Trinajstić information content (AvgIpc) is 2.75. The van der Waals surface area contributed by atoms with Gasteiger partial charge in [-0.05, 0) is 47.8 Å². The summed E-state index contributed by atoms with van der Waals surface area (Å²) >= 11 is 3.58. The minimum atomic E-state index is 0.0824. The van der Waals surface area contributed by atoms with Gasteiger partial charge >= 0.3 is 0 Å². The van der Waals surface area contributed by atoms with E-state index in [0.29, 0.717) is 11.3 Å². The van der Waals surface area contributed by atoms with E-state index in [4.69, 9.17) is 5.73 Å². The summed E-state index contributed by atoms with van der Waals surface area (Å²) in [6.07, 6.45) is 3.07. The van der Waals surface area contributed by atoms with Crippen LogP contribution in [0.1, 0.15) is 32.0 Å². The Hall–Kier alpha value is -0.390. The predicted molar refractivity (Wildman–Crippen MR) is 77.3 cm³/mol. The average molecular weight is 315 g/mol. The van der Waals surface area contributed by atoms with Crippen LogP contribution in [0, 0.1) is 11.3 Å². The van der Waals surface area contributed by atoms with Crippen LogP contribution in [-0.2, 0) is 6.54 Å². The Morgan fingerprint density at radius 2 is 2.22 bits per heavy atom. The van der Waals surface area contributed by atoms with Crippen molar-refractivity contribution in [3.8, 4) is 0 Å². The highest BCUT2D eigenvalue weighted by Gasteiger charge is 2.50. The molecule has 2 rings (SSSR count). The van der Waals surface area contributed by atoms with Crippen molar-refractivity contribution < 1.29 is 0 Å². The molecule has 18 heavy (non-hydrogen) atoms. The van der Waals surface area contributed by atoms with Gasteiger partial charge in [-0.2, -0.15) is 5.10 Å². The number of aromatic nitrogens is 2. The summed E-state index contributed by atoms with van der Waals surface area (Å²) in [5.41, 5.74) is 7.95. The first-order chi connectivity index (χ1) is 8.33. The lowest BCUT2D eigenvalue weighted by Gasteiger charge is -2.18. The molecule has 1 aliphatic rings. The lowest BCUT2D eigenvalue weighted by Crippen LogP contribution is -2.24. The van der Waals surface area contributed by atoms with Crippen LogP contribution in [0.15, 0.2) is 10.7 Å². The molecule has 1 aliphatic carbocycles. The Bertz CT molecular complexity index is 425. The van der Waals surface area contributed by atoms with Gasteiger partial charge in [0, 0.05) is 6.54 Å². The van der Waals surface area contributed by atoms with E-state index < -0.39 is 0 Å². The standard InChI is InChI=1S/C13H23BrN4/c1-13(2)7-9(13)11(15)12-10(14)8-16-18(12)6-5-17(3)4/h8-9,11H,5-7,15H2,1-4H3. The molecule has 1 fully saturated rings. The maximum atomic E-state index is 6.42. The summed E-state index contributed by atoms with van der Waals surface area (Å²) in [7, 11) is 4.14. The Morgan fingerprint density at radius 3 is 2.72 bits per heavy atom. The third kappa shape index (κ3) is 2.78. The first kappa shape index (κ1) is 14.0. The van der Waals surface area contributed by atoms with Crippen molar-refractivity contribution in [1.29, 1.82) is 0 Å². The van der Waals surface area contributed by atoms with Crippen LogP contribution in [0.25, 0.3) is 0 Å². The smallest absolute Gasteiger partial charge is 0.0697 e. The van der Waals surface area contributed by atoms with Gasteiger partial charge in [0.15, 0.2) is 0 Å². The summed E-state index contributed by atoms with van der Waals surface area (Å²) in [5, 5.41) is 4.43. The van der Waals surface area contributed by atoms with Crippen molar-refractivity contribution in [2.75, 3.05) is 20.6 Å². The highest BCUT2D eigenvalue weighted by molar-refractivity contribution is 9.10. The van der Waals surface area contributed by atoms with E-state index in [1.54, 1.807) is 0 Å². The van der Waals surface area contributed by atoms with E-state index in [1.165, 1.54) is 6.42 Å². The maximum Gasteiger partial charge on any atom is 0.0697 e. The molecule has 5 heteroatoms. The number of hydrogen-bond acceptors (Lipinski definition) is 3. The van der Waals surface area contributed by atoms with Gasteiger partial charge in [-0.3, -0.25) is 4.68 Å². The number of nitrogens with zero attached hydrogens (tertiary/aromatic N) is 3. The van der Waals surface area contributed by atoms with Gasteiger partial charge in [-0.25, -0.2) is 0 Å². The molecule has 2 N–H and O–H groups in total. The fourth-order valence-corrected chi connectivity index (χ4v) is 3.05. The van der Waals surface area contributed by atoms with Gasteiger partial charge in [0.1, 0.15) is 0 Å². The number of likely N-dealkylation sites (N-methyl/N-ethyl adjacent to an activating group) is 1. The van der Waals surface area contributed by atoms with Gasteiger partial charge in [-0.15, -0.1) is 0 Å². The lowest BCUT2D eigenvalue weighted by atomic mass is 10.0. The summed E-state index contributed by atoms with van der Waals surface area (Å²) in [6.45, 7) is 6.43. The summed E-state index contributed by atoms with van der Waals surface area (Å²) in [6, 6.07) is 0.0824. The molecule has 0 aliphatic heterocycles. The van der Waals surface area contributed by atoms with Crippen LogP contribution >= 0.6 is 15.9 Å². The molecule has 0 bridgehead atoms. The third-order valence-electron chi connectivity index (χ3n) is 3.93. The van der Waals surface area contributed by atoms with Crippen LogP contribution in [0.5, 0.6) is 0 Å². The molecule has 0 spiro atoms. The Kier molecular flexibility index (Phi) is 3.85. The molecule has 0 saturated heterocycles. The zero-order valence-electron chi connectivity index (χ0n) is 11.7. The molecule has 2 atom stereocenters. The third-order valence-corrected chi connectivity index (χ3v) is 4.54. The van der Waals surface area contributed by atoms with E-state index in [0.717, 1.165) is 23.3 Å². The van der Waals surface area contributed by atoms with Crippen molar-refractivity contribution in [2.24, 2.45) is 17.1 Å². The van der Waals surface area contributed by atoms with E-state index in [-0.39, 0.29) is 6.04 Å². The fourth-order valence-electron chi connectivity index (χ4n) is 2.49. The number of rotatable bonds is 5. The highest BCUT2D eigenvalue weighted by atomic mass is 79.9. The van der Waals surface area contributed by atoms with E-state index in [9.17, 15) is 0 Å². The number of nitrogens with two attached hydrogens (primary N) is 1. The van der Waals surface area contributed by atoms with Crippen molar-refractivity contribution in [3.63, 3.8) is 0 Å². The molecule has 1 heterocycles. The predicted octanol–water partition coefficient (Wildman–Crippen LogP) is 2.25. The molecule has 4 nitrogen and oxygen atoms in total. The zero-order chi connectivity index (χ0) is 13.5. The Labute approximate surface area is 118 Å². The Balaban J connectivity index is 2.14. The highest BCUT2D eigenvalue weighted by Crippen LogP contribution is 2.57. The van der Waals surface area contributed by atoms with Gasteiger partial charge in [0.25, 0.3) is 0 Å². The monoisotopic (exact) mass is 314 g/mol.